The van der Waals surface area contributed by atoms with Crippen molar-refractivity contribution in [2.75, 3.05) is 26.0 Å². The number of nitrogens with one attached hydrogen (secondary N) is 1. The van der Waals surface area contributed by atoms with Crippen LogP contribution in [-0.2, 0) is 0 Å². The van der Waals surface area contributed by atoms with Crippen LogP contribution in [0.5, 0.6) is 0 Å². The first-order chi connectivity index (χ1) is 11.1. The second kappa shape index (κ2) is 6.34. The molecular formula is C17H17F2N3O. The molecule has 0 bridgehead atoms. The molecule has 2 aromatic carbocycles. The molecule has 1 N–H and O–H groups in total. The van der Waals surface area contributed by atoms with Crippen LogP contribution in [0.4, 0.5) is 14.8 Å². The average molecular weight is 317 g/mol. The maximum absolute atomic E-state index is 14.0. The molecule has 0 amide bonds. The van der Waals surface area contributed by atoms with Gasteiger partial charge in [-0.05, 0) is 38.4 Å². The average Bonchev–Trinajstić information content (AvgIpc) is 2.92. The number of aromatic nitrogens is 1. The van der Waals surface area contributed by atoms with E-state index < -0.39 is 17.7 Å². The Morgan fingerprint density at radius 2 is 1.78 bits per heavy atom. The van der Waals surface area contributed by atoms with Gasteiger partial charge in [0.05, 0.1) is 6.04 Å². The van der Waals surface area contributed by atoms with E-state index in [9.17, 15) is 8.78 Å². The highest BCUT2D eigenvalue weighted by atomic mass is 19.1. The van der Waals surface area contributed by atoms with Gasteiger partial charge in [-0.3, -0.25) is 0 Å². The zero-order chi connectivity index (χ0) is 16.4. The number of oxazole rings is 1. The number of anilines is 1. The molecule has 1 heterocycles. The number of para-hydroxylation sites is 2. The Morgan fingerprint density at radius 3 is 2.43 bits per heavy atom. The van der Waals surface area contributed by atoms with Gasteiger partial charge < -0.3 is 14.6 Å². The fraction of sp³-hybridized carbons (Fsp3) is 0.235. The lowest BCUT2D eigenvalue weighted by atomic mass is 10.0. The Labute approximate surface area is 132 Å². The first-order valence-corrected chi connectivity index (χ1v) is 7.26. The van der Waals surface area contributed by atoms with Gasteiger partial charge in [-0.25, -0.2) is 8.78 Å². The van der Waals surface area contributed by atoms with Crippen LogP contribution in [0.1, 0.15) is 11.6 Å². The molecule has 0 saturated carbocycles. The van der Waals surface area contributed by atoms with E-state index in [2.05, 4.69) is 10.3 Å². The Hall–Kier alpha value is -2.47. The summed E-state index contributed by atoms with van der Waals surface area (Å²) >= 11 is 0. The molecule has 0 fully saturated rings. The smallest absolute Gasteiger partial charge is 0.295 e. The Morgan fingerprint density at radius 1 is 1.09 bits per heavy atom. The minimum atomic E-state index is -0.567. The van der Waals surface area contributed by atoms with Gasteiger partial charge in [0.2, 0.25) is 0 Å². The number of hydrogen-bond acceptors (Lipinski definition) is 4. The highest BCUT2D eigenvalue weighted by Gasteiger charge is 2.22. The van der Waals surface area contributed by atoms with Gasteiger partial charge in [0.1, 0.15) is 17.2 Å². The normalized spacial score (nSPS) is 12.7. The van der Waals surface area contributed by atoms with Crippen LogP contribution < -0.4 is 5.32 Å². The summed E-state index contributed by atoms with van der Waals surface area (Å²) in [7, 11) is 3.54. The van der Waals surface area contributed by atoms with Crippen molar-refractivity contribution < 1.29 is 13.2 Å². The SMILES string of the molecule is CN(C)C(CNc1nc2ccccc2o1)c1c(F)cccc1F. The lowest BCUT2D eigenvalue weighted by molar-refractivity contribution is 0.294. The number of likely N-dealkylation sites (N-methyl/N-ethyl adjacent to an activating group) is 1. The maximum Gasteiger partial charge on any atom is 0.295 e. The van der Waals surface area contributed by atoms with Crippen molar-refractivity contribution >= 4 is 17.1 Å². The number of nitrogens with zero attached hydrogens (tertiary/aromatic N) is 2. The van der Waals surface area contributed by atoms with Crippen LogP contribution in [0.2, 0.25) is 0 Å². The zero-order valence-electron chi connectivity index (χ0n) is 12.9. The summed E-state index contributed by atoms with van der Waals surface area (Å²) in [6.45, 7) is 0.262. The highest BCUT2D eigenvalue weighted by molar-refractivity contribution is 5.74. The molecule has 1 atom stereocenters. The summed E-state index contributed by atoms with van der Waals surface area (Å²) < 4.78 is 33.6. The van der Waals surface area contributed by atoms with Gasteiger partial charge in [0.15, 0.2) is 5.58 Å². The zero-order valence-corrected chi connectivity index (χ0v) is 12.9. The van der Waals surface area contributed by atoms with Gasteiger partial charge >= 0.3 is 0 Å². The fourth-order valence-corrected chi connectivity index (χ4v) is 2.50. The topological polar surface area (TPSA) is 41.3 Å². The summed E-state index contributed by atoms with van der Waals surface area (Å²) in [4.78, 5) is 6.05. The van der Waals surface area contributed by atoms with Crippen molar-refractivity contribution in [1.29, 1.82) is 0 Å². The quantitative estimate of drug-likeness (QED) is 0.777. The van der Waals surface area contributed by atoms with Gasteiger partial charge in [0, 0.05) is 12.1 Å². The first kappa shape index (κ1) is 15.4. The molecule has 6 heteroatoms. The first-order valence-electron chi connectivity index (χ1n) is 7.26. The largest absolute Gasteiger partial charge is 0.424 e. The second-order valence-electron chi connectivity index (χ2n) is 5.48. The number of rotatable bonds is 5. The minimum Gasteiger partial charge on any atom is -0.424 e. The van der Waals surface area contributed by atoms with Crippen LogP contribution in [0, 0.1) is 11.6 Å². The molecule has 3 aromatic rings. The number of benzene rings is 2. The van der Waals surface area contributed by atoms with E-state index in [1.54, 1.807) is 19.0 Å². The standard InChI is InChI=1S/C17H17F2N3O/c1-22(2)14(16-11(18)6-5-7-12(16)19)10-20-17-21-13-8-3-4-9-15(13)23-17/h3-9,14H,10H2,1-2H3,(H,20,21). The third kappa shape index (κ3) is 3.17. The summed E-state index contributed by atoms with van der Waals surface area (Å²) in [5.74, 6) is -1.13. The predicted octanol–water partition coefficient (Wildman–Crippen LogP) is 3.82. The van der Waals surface area contributed by atoms with Gasteiger partial charge in [-0.2, -0.15) is 4.98 Å². The van der Waals surface area contributed by atoms with Crippen molar-refractivity contribution in [2.45, 2.75) is 6.04 Å². The number of fused-ring (bicyclic) bond motifs is 1. The molecule has 1 unspecified atom stereocenters. The molecule has 3 rings (SSSR count). The molecule has 1 aromatic heterocycles. The predicted molar refractivity (Wildman–Crippen MR) is 85.3 cm³/mol. The van der Waals surface area contributed by atoms with Crippen molar-refractivity contribution in [3.8, 4) is 0 Å². The molecule has 0 radical (unpaired) electrons. The summed E-state index contributed by atoms with van der Waals surface area (Å²) in [5, 5.41) is 3.02. The minimum absolute atomic E-state index is 0.0288. The Balaban J connectivity index is 1.83. The second-order valence-corrected chi connectivity index (χ2v) is 5.48. The Bertz CT molecular complexity index is 763. The third-order valence-corrected chi connectivity index (χ3v) is 3.70. The highest BCUT2D eigenvalue weighted by Crippen LogP contribution is 2.25. The van der Waals surface area contributed by atoms with Crippen LogP contribution in [0.25, 0.3) is 11.1 Å². The van der Waals surface area contributed by atoms with Crippen molar-refractivity contribution in [3.05, 3.63) is 59.7 Å². The summed E-state index contributed by atoms with van der Waals surface area (Å²) in [5.41, 5.74) is 1.42. The molecular weight excluding hydrogens is 300 g/mol. The van der Waals surface area contributed by atoms with Crippen molar-refractivity contribution in [3.63, 3.8) is 0 Å². The monoisotopic (exact) mass is 317 g/mol. The van der Waals surface area contributed by atoms with E-state index in [-0.39, 0.29) is 12.1 Å². The molecule has 0 aliphatic heterocycles. The summed E-state index contributed by atoms with van der Waals surface area (Å²) in [6.07, 6.45) is 0. The van der Waals surface area contributed by atoms with Crippen molar-refractivity contribution in [1.82, 2.24) is 9.88 Å². The molecule has 0 spiro atoms. The lowest BCUT2D eigenvalue weighted by Gasteiger charge is -2.25. The molecule has 0 saturated heterocycles. The fourth-order valence-electron chi connectivity index (χ4n) is 2.50. The third-order valence-electron chi connectivity index (χ3n) is 3.70. The lowest BCUT2D eigenvalue weighted by Crippen LogP contribution is -2.28. The van der Waals surface area contributed by atoms with E-state index in [1.165, 1.54) is 18.2 Å². The molecule has 4 nitrogen and oxygen atoms in total. The van der Waals surface area contributed by atoms with E-state index >= 15 is 0 Å². The van der Waals surface area contributed by atoms with Crippen LogP contribution in [-0.4, -0.2) is 30.5 Å². The van der Waals surface area contributed by atoms with E-state index in [0.717, 1.165) is 5.52 Å². The van der Waals surface area contributed by atoms with Gasteiger partial charge in [-0.1, -0.05) is 18.2 Å². The van der Waals surface area contributed by atoms with Gasteiger partial charge in [-0.15, -0.1) is 0 Å². The summed E-state index contributed by atoms with van der Waals surface area (Å²) in [6, 6.07) is 11.1. The van der Waals surface area contributed by atoms with E-state index in [0.29, 0.717) is 11.6 Å². The van der Waals surface area contributed by atoms with E-state index in [1.807, 2.05) is 24.3 Å². The Kier molecular flexibility index (Phi) is 4.25. The van der Waals surface area contributed by atoms with Crippen LogP contribution in [0.15, 0.2) is 46.9 Å². The van der Waals surface area contributed by atoms with Gasteiger partial charge in [0.25, 0.3) is 6.01 Å². The van der Waals surface area contributed by atoms with Crippen LogP contribution in [0.3, 0.4) is 0 Å². The van der Waals surface area contributed by atoms with Crippen LogP contribution >= 0.6 is 0 Å². The molecule has 120 valence electrons. The molecule has 23 heavy (non-hydrogen) atoms. The number of halogens is 2. The molecule has 0 aliphatic carbocycles. The van der Waals surface area contributed by atoms with Crippen molar-refractivity contribution in [2.24, 2.45) is 0 Å². The number of hydrogen-bond donors (Lipinski definition) is 1. The maximum atomic E-state index is 14.0. The van der Waals surface area contributed by atoms with E-state index in [4.69, 9.17) is 4.42 Å². The molecule has 0 aliphatic rings.